The Kier molecular flexibility index (Phi) is 5.33. The van der Waals surface area contributed by atoms with E-state index in [0.717, 1.165) is 36.6 Å². The molecule has 118 valence electrons. The molecule has 0 spiro atoms. The molecule has 0 saturated carbocycles. The summed E-state index contributed by atoms with van der Waals surface area (Å²) in [7, 11) is 0. The van der Waals surface area contributed by atoms with Crippen molar-refractivity contribution in [2.45, 2.75) is 45.8 Å². The summed E-state index contributed by atoms with van der Waals surface area (Å²) in [5.41, 5.74) is 3.57. The van der Waals surface area contributed by atoms with Gasteiger partial charge in [0.2, 0.25) is 0 Å². The molecule has 2 unspecified atom stereocenters. The van der Waals surface area contributed by atoms with E-state index in [1.54, 1.807) is 0 Å². The van der Waals surface area contributed by atoms with Crippen molar-refractivity contribution in [1.82, 2.24) is 9.97 Å². The number of aliphatic hydroxyl groups is 1. The third-order valence-corrected chi connectivity index (χ3v) is 3.61. The van der Waals surface area contributed by atoms with Crippen LogP contribution in [0.25, 0.3) is 0 Å². The Morgan fingerprint density at radius 1 is 1.43 bits per heavy atom. The Bertz CT molecular complexity index is 483. The summed E-state index contributed by atoms with van der Waals surface area (Å²) in [4.78, 5) is 11.3. The number of hydrogen-bond acceptors (Lipinski definition) is 7. The number of hydrazine groups is 1. The predicted molar refractivity (Wildman–Crippen MR) is 82.2 cm³/mol. The number of nitrogens with two attached hydrogens (primary N) is 1. The SMILES string of the molecule is CCCc1nc(NN)c(C)c(N2CC(C)OC(CO)C2)n1. The van der Waals surface area contributed by atoms with Crippen LogP contribution in [-0.2, 0) is 11.2 Å². The van der Waals surface area contributed by atoms with E-state index in [2.05, 4.69) is 27.2 Å². The largest absolute Gasteiger partial charge is 0.394 e. The van der Waals surface area contributed by atoms with Gasteiger partial charge in [-0.2, -0.15) is 0 Å². The van der Waals surface area contributed by atoms with Crippen LogP contribution in [0.3, 0.4) is 0 Å². The molecule has 4 N–H and O–H groups in total. The van der Waals surface area contributed by atoms with Crippen molar-refractivity contribution in [3.05, 3.63) is 11.4 Å². The van der Waals surface area contributed by atoms with Crippen LogP contribution in [0.4, 0.5) is 11.6 Å². The van der Waals surface area contributed by atoms with Crippen molar-refractivity contribution in [1.29, 1.82) is 0 Å². The molecule has 1 aromatic heterocycles. The van der Waals surface area contributed by atoms with Gasteiger partial charge in [0.1, 0.15) is 17.5 Å². The Morgan fingerprint density at radius 2 is 2.19 bits per heavy atom. The number of aryl methyl sites for hydroxylation is 1. The first-order valence-corrected chi connectivity index (χ1v) is 7.44. The number of nitrogens with one attached hydrogen (secondary N) is 1. The van der Waals surface area contributed by atoms with Crippen LogP contribution in [0.15, 0.2) is 0 Å². The number of aromatic nitrogens is 2. The molecule has 1 fully saturated rings. The van der Waals surface area contributed by atoms with Gasteiger partial charge in [-0.3, -0.25) is 0 Å². The molecule has 1 saturated heterocycles. The van der Waals surface area contributed by atoms with E-state index in [1.807, 2.05) is 13.8 Å². The van der Waals surface area contributed by atoms with Gasteiger partial charge in [0.25, 0.3) is 0 Å². The highest BCUT2D eigenvalue weighted by Crippen LogP contribution is 2.26. The van der Waals surface area contributed by atoms with Crippen molar-refractivity contribution in [2.75, 3.05) is 30.0 Å². The monoisotopic (exact) mass is 295 g/mol. The van der Waals surface area contributed by atoms with Gasteiger partial charge in [-0.25, -0.2) is 15.8 Å². The zero-order valence-corrected chi connectivity index (χ0v) is 13.0. The van der Waals surface area contributed by atoms with Crippen LogP contribution >= 0.6 is 0 Å². The van der Waals surface area contributed by atoms with E-state index >= 15 is 0 Å². The van der Waals surface area contributed by atoms with Gasteiger partial charge in [-0.15, -0.1) is 0 Å². The van der Waals surface area contributed by atoms with Crippen molar-refractivity contribution < 1.29 is 9.84 Å². The maximum absolute atomic E-state index is 9.37. The molecule has 2 heterocycles. The topological polar surface area (TPSA) is 96.5 Å². The van der Waals surface area contributed by atoms with Crippen LogP contribution < -0.4 is 16.2 Å². The van der Waals surface area contributed by atoms with Crippen molar-refractivity contribution in [3.8, 4) is 0 Å². The summed E-state index contributed by atoms with van der Waals surface area (Å²) in [5, 5.41) is 9.37. The van der Waals surface area contributed by atoms with Crippen LogP contribution in [0, 0.1) is 6.92 Å². The van der Waals surface area contributed by atoms with Gasteiger partial charge in [0.15, 0.2) is 0 Å². The fourth-order valence-electron chi connectivity index (χ4n) is 2.65. The normalized spacial score (nSPS) is 22.4. The van der Waals surface area contributed by atoms with E-state index in [0.29, 0.717) is 12.4 Å². The number of anilines is 2. The molecule has 7 heteroatoms. The molecule has 1 aliphatic rings. The zero-order valence-electron chi connectivity index (χ0n) is 13.0. The van der Waals surface area contributed by atoms with Crippen LogP contribution in [-0.4, -0.2) is 47.0 Å². The van der Waals surface area contributed by atoms with E-state index in [4.69, 9.17) is 10.6 Å². The van der Waals surface area contributed by atoms with E-state index in [9.17, 15) is 5.11 Å². The lowest BCUT2D eigenvalue weighted by molar-refractivity contribution is -0.0423. The molecule has 1 aliphatic heterocycles. The molecule has 7 nitrogen and oxygen atoms in total. The van der Waals surface area contributed by atoms with Gasteiger partial charge in [0.05, 0.1) is 18.8 Å². The highest BCUT2D eigenvalue weighted by molar-refractivity contribution is 5.58. The number of aliphatic hydroxyl groups excluding tert-OH is 1. The highest BCUT2D eigenvalue weighted by Gasteiger charge is 2.27. The quantitative estimate of drug-likeness (QED) is 0.541. The number of rotatable bonds is 5. The molecule has 0 bridgehead atoms. The van der Waals surface area contributed by atoms with Crippen LogP contribution in [0.1, 0.15) is 31.7 Å². The van der Waals surface area contributed by atoms with Gasteiger partial charge in [0, 0.05) is 25.1 Å². The molecule has 0 aliphatic carbocycles. The second kappa shape index (κ2) is 7.02. The van der Waals surface area contributed by atoms with Crippen LogP contribution in [0.5, 0.6) is 0 Å². The van der Waals surface area contributed by atoms with Crippen molar-refractivity contribution in [3.63, 3.8) is 0 Å². The Balaban J connectivity index is 2.34. The standard InChI is InChI=1S/C14H25N5O2/c1-4-5-12-16-13(18-15)10(3)14(17-12)19-6-9(2)21-11(7-19)8-20/h9,11,20H,4-8,15H2,1-3H3,(H,16,17,18). The number of morpholine rings is 1. The number of ether oxygens (including phenoxy) is 1. The average Bonchev–Trinajstić information content (AvgIpc) is 2.48. The molecular formula is C14H25N5O2. The van der Waals surface area contributed by atoms with E-state index in [-0.39, 0.29) is 18.8 Å². The average molecular weight is 295 g/mol. The predicted octanol–water partition coefficient (Wildman–Crippen LogP) is 0.609. The van der Waals surface area contributed by atoms with Gasteiger partial charge >= 0.3 is 0 Å². The molecule has 0 amide bonds. The summed E-state index contributed by atoms with van der Waals surface area (Å²) < 4.78 is 5.69. The Morgan fingerprint density at radius 3 is 2.81 bits per heavy atom. The summed E-state index contributed by atoms with van der Waals surface area (Å²) in [6, 6.07) is 0. The molecule has 0 aromatic carbocycles. The van der Waals surface area contributed by atoms with Gasteiger partial charge in [-0.1, -0.05) is 6.92 Å². The highest BCUT2D eigenvalue weighted by atomic mass is 16.5. The first-order chi connectivity index (χ1) is 10.1. The van der Waals surface area contributed by atoms with Gasteiger partial charge < -0.3 is 20.2 Å². The maximum atomic E-state index is 9.37. The molecule has 2 rings (SSSR count). The number of nitrogen functional groups attached to an aromatic ring is 1. The minimum Gasteiger partial charge on any atom is -0.394 e. The second-order valence-corrected chi connectivity index (χ2v) is 5.49. The first kappa shape index (κ1) is 15.9. The third kappa shape index (κ3) is 3.61. The zero-order chi connectivity index (χ0) is 15.4. The Labute approximate surface area is 125 Å². The Hall–Kier alpha value is -1.44. The van der Waals surface area contributed by atoms with Gasteiger partial charge in [-0.05, 0) is 20.3 Å². The molecule has 1 aromatic rings. The van der Waals surface area contributed by atoms with Crippen molar-refractivity contribution >= 4 is 11.6 Å². The second-order valence-electron chi connectivity index (χ2n) is 5.49. The first-order valence-electron chi connectivity index (χ1n) is 7.44. The third-order valence-electron chi connectivity index (χ3n) is 3.61. The molecule has 2 atom stereocenters. The fourth-order valence-corrected chi connectivity index (χ4v) is 2.65. The summed E-state index contributed by atoms with van der Waals surface area (Å²) in [6.07, 6.45) is 1.65. The molecule has 21 heavy (non-hydrogen) atoms. The lowest BCUT2D eigenvalue weighted by Gasteiger charge is -2.37. The maximum Gasteiger partial charge on any atom is 0.148 e. The lowest BCUT2D eigenvalue weighted by Crippen LogP contribution is -2.48. The minimum atomic E-state index is -0.188. The summed E-state index contributed by atoms with van der Waals surface area (Å²) in [5.74, 6) is 7.88. The van der Waals surface area contributed by atoms with E-state index < -0.39 is 0 Å². The molecule has 0 radical (unpaired) electrons. The smallest absolute Gasteiger partial charge is 0.148 e. The lowest BCUT2D eigenvalue weighted by atomic mass is 10.2. The fraction of sp³-hybridized carbons (Fsp3) is 0.714. The minimum absolute atomic E-state index is 0.00871. The van der Waals surface area contributed by atoms with Crippen molar-refractivity contribution in [2.24, 2.45) is 5.84 Å². The summed E-state index contributed by atoms with van der Waals surface area (Å²) >= 11 is 0. The molecular weight excluding hydrogens is 270 g/mol. The summed E-state index contributed by atoms with van der Waals surface area (Å²) in [6.45, 7) is 7.42. The van der Waals surface area contributed by atoms with E-state index in [1.165, 1.54) is 0 Å². The number of hydrogen-bond donors (Lipinski definition) is 3. The van der Waals surface area contributed by atoms with Crippen LogP contribution in [0.2, 0.25) is 0 Å². The number of nitrogens with zero attached hydrogens (tertiary/aromatic N) is 3.